The predicted octanol–water partition coefficient (Wildman–Crippen LogP) is 5.49. The number of rotatable bonds is 13. The molecule has 0 unspecified atom stereocenters. The number of nitrogens with one attached hydrogen (secondary N) is 3. The van der Waals surface area contributed by atoms with Crippen LogP contribution in [0.1, 0.15) is 43.0 Å². The number of hydrogen-bond donors (Lipinski definition) is 7. The van der Waals surface area contributed by atoms with Crippen LogP contribution >= 0.6 is 25.3 Å². The second-order valence-electron chi connectivity index (χ2n) is 10.6. The molecule has 0 aromatic heterocycles. The molecule has 0 fully saturated rings. The van der Waals surface area contributed by atoms with Crippen LogP contribution in [0, 0.1) is 13.8 Å². The van der Waals surface area contributed by atoms with Crippen molar-refractivity contribution in [2.75, 3.05) is 35.2 Å². The molecule has 4 aromatic carbocycles. The normalized spacial score (nSPS) is 12.0. The molecule has 0 radical (unpaired) electrons. The molecule has 4 rings (SSSR count). The molecular weight excluding hydrogens is 587 g/mol. The Morgan fingerprint density at radius 1 is 0.727 bits per heavy atom. The molecule has 0 heterocycles. The molecule has 2 atom stereocenters. The van der Waals surface area contributed by atoms with E-state index in [2.05, 4.69) is 41.2 Å². The first kappa shape index (κ1) is 34.9. The second kappa shape index (κ2) is 18.3. The molecule has 0 spiro atoms. The first-order valence-corrected chi connectivity index (χ1v) is 15.8. The summed E-state index contributed by atoms with van der Waals surface area (Å²) in [5, 5.41) is 9.48. The lowest BCUT2D eigenvalue weighted by molar-refractivity contribution is 0.102. The number of benzene rings is 4. The van der Waals surface area contributed by atoms with Crippen molar-refractivity contribution in [3.05, 3.63) is 130 Å². The number of amides is 1. The van der Waals surface area contributed by atoms with Gasteiger partial charge in [0.2, 0.25) is 0 Å². The van der Waals surface area contributed by atoms with Gasteiger partial charge in [-0.05, 0) is 60.9 Å². The highest BCUT2D eigenvalue weighted by Crippen LogP contribution is 2.19. The minimum atomic E-state index is -0.0994. The standard InChI is InChI=1S/C19H25N3OS.C16H18N2OS/c1-13-5-3-8-18(14(13)2)22-19(23)16-7-4-6-15(9-16)10-21-11-17(20)12-24;17-14(11-20)10-18-15-8-4-7-13(9-15)16(19)12-5-2-1-3-6-12/h3-9,17,21,24H,10-12,20H2,1-2H3,(H,22,23);1-9,14,18,20H,10-11,17H2/t17-;14-/m11/s1. The van der Waals surface area contributed by atoms with E-state index in [0.717, 1.165) is 28.1 Å². The molecule has 9 heteroatoms. The quantitative estimate of drug-likeness (QED) is 0.0776. The van der Waals surface area contributed by atoms with Gasteiger partial charge in [-0.25, -0.2) is 0 Å². The van der Waals surface area contributed by atoms with Crippen molar-refractivity contribution in [3.63, 3.8) is 0 Å². The molecule has 0 aliphatic heterocycles. The number of carbonyl (C=O) groups is 2. The summed E-state index contributed by atoms with van der Waals surface area (Å²) >= 11 is 8.31. The molecule has 7 N–H and O–H groups in total. The third kappa shape index (κ3) is 11.2. The summed E-state index contributed by atoms with van der Waals surface area (Å²) in [5.41, 5.74) is 18.7. The van der Waals surface area contributed by atoms with Gasteiger partial charge >= 0.3 is 0 Å². The van der Waals surface area contributed by atoms with Crippen molar-refractivity contribution in [1.29, 1.82) is 0 Å². The lowest BCUT2D eigenvalue weighted by Gasteiger charge is -2.12. The maximum Gasteiger partial charge on any atom is 0.255 e. The van der Waals surface area contributed by atoms with Gasteiger partial charge in [0.25, 0.3) is 5.91 Å². The van der Waals surface area contributed by atoms with E-state index in [1.165, 1.54) is 0 Å². The first-order chi connectivity index (χ1) is 21.2. The lowest BCUT2D eigenvalue weighted by atomic mass is 10.0. The fraction of sp³-hybridized carbons (Fsp3) is 0.257. The van der Waals surface area contributed by atoms with Crippen LogP contribution in [0.3, 0.4) is 0 Å². The topological polar surface area (TPSA) is 122 Å². The Balaban J connectivity index is 0.000000244. The Kier molecular flexibility index (Phi) is 14.5. The molecule has 4 aromatic rings. The highest BCUT2D eigenvalue weighted by atomic mass is 32.1. The predicted molar refractivity (Wildman–Crippen MR) is 190 cm³/mol. The molecule has 0 saturated heterocycles. The molecular formula is C35H43N5O2S2. The van der Waals surface area contributed by atoms with Gasteiger partial charge in [-0.3, -0.25) is 9.59 Å². The molecule has 0 aliphatic carbocycles. The molecule has 232 valence electrons. The Labute approximate surface area is 272 Å². The van der Waals surface area contributed by atoms with Crippen LogP contribution in [0.4, 0.5) is 11.4 Å². The smallest absolute Gasteiger partial charge is 0.255 e. The van der Waals surface area contributed by atoms with E-state index in [0.29, 0.717) is 47.8 Å². The van der Waals surface area contributed by atoms with Crippen molar-refractivity contribution in [2.24, 2.45) is 11.5 Å². The van der Waals surface area contributed by atoms with Crippen molar-refractivity contribution >= 4 is 48.3 Å². The number of aryl methyl sites for hydroxylation is 1. The third-order valence-corrected chi connectivity index (χ3v) is 7.91. The van der Waals surface area contributed by atoms with Gasteiger partial charge in [-0.2, -0.15) is 25.3 Å². The van der Waals surface area contributed by atoms with Crippen LogP contribution in [0.15, 0.2) is 97.1 Å². The molecule has 7 nitrogen and oxygen atoms in total. The van der Waals surface area contributed by atoms with E-state index in [-0.39, 0.29) is 23.8 Å². The van der Waals surface area contributed by atoms with Gasteiger partial charge in [-0.1, -0.05) is 66.7 Å². The minimum absolute atomic E-state index is 0.00758. The number of anilines is 2. The summed E-state index contributed by atoms with van der Waals surface area (Å²) in [4.78, 5) is 24.8. The number of thiol groups is 2. The summed E-state index contributed by atoms with van der Waals surface area (Å²) in [5.74, 6) is 1.19. The average Bonchev–Trinajstić information content (AvgIpc) is 3.06. The minimum Gasteiger partial charge on any atom is -0.383 e. The van der Waals surface area contributed by atoms with Gasteiger partial charge < -0.3 is 27.4 Å². The van der Waals surface area contributed by atoms with E-state index in [9.17, 15) is 9.59 Å². The summed E-state index contributed by atoms with van der Waals surface area (Å²) in [6.07, 6.45) is 0. The Hall–Kier alpha value is -3.60. The molecule has 0 saturated carbocycles. The van der Waals surface area contributed by atoms with Crippen LogP contribution in [0.25, 0.3) is 0 Å². The van der Waals surface area contributed by atoms with Crippen molar-refractivity contribution in [2.45, 2.75) is 32.5 Å². The maximum absolute atomic E-state index is 12.5. The lowest BCUT2D eigenvalue weighted by Crippen LogP contribution is -2.34. The van der Waals surface area contributed by atoms with Gasteiger partial charge in [0.05, 0.1) is 0 Å². The van der Waals surface area contributed by atoms with Gasteiger partial charge in [-0.15, -0.1) is 0 Å². The summed E-state index contributed by atoms with van der Waals surface area (Å²) in [6.45, 7) is 6.05. The van der Waals surface area contributed by atoms with Crippen LogP contribution < -0.4 is 27.4 Å². The first-order valence-electron chi connectivity index (χ1n) is 14.6. The molecule has 1 amide bonds. The van der Waals surface area contributed by atoms with Crippen molar-refractivity contribution < 1.29 is 9.59 Å². The maximum atomic E-state index is 12.5. The van der Waals surface area contributed by atoms with Crippen LogP contribution in [0.2, 0.25) is 0 Å². The van der Waals surface area contributed by atoms with E-state index >= 15 is 0 Å². The summed E-state index contributed by atoms with van der Waals surface area (Å²) < 4.78 is 0. The highest BCUT2D eigenvalue weighted by molar-refractivity contribution is 7.80. The highest BCUT2D eigenvalue weighted by Gasteiger charge is 2.11. The number of ketones is 1. The number of hydrogen-bond acceptors (Lipinski definition) is 8. The number of carbonyl (C=O) groups excluding carboxylic acids is 2. The molecule has 0 aliphatic rings. The molecule has 0 bridgehead atoms. The van der Waals surface area contributed by atoms with Crippen LogP contribution in [-0.2, 0) is 6.54 Å². The number of nitrogens with two attached hydrogens (primary N) is 2. The third-order valence-electron chi connectivity index (χ3n) is 6.98. The summed E-state index contributed by atoms with van der Waals surface area (Å²) in [7, 11) is 0. The molecule has 44 heavy (non-hydrogen) atoms. The van der Waals surface area contributed by atoms with Crippen LogP contribution in [-0.4, -0.2) is 48.4 Å². The van der Waals surface area contributed by atoms with E-state index in [1.54, 1.807) is 0 Å². The van der Waals surface area contributed by atoms with E-state index in [4.69, 9.17) is 11.5 Å². The average molecular weight is 630 g/mol. The largest absolute Gasteiger partial charge is 0.383 e. The fourth-order valence-electron chi connectivity index (χ4n) is 4.21. The van der Waals surface area contributed by atoms with E-state index in [1.807, 2.05) is 111 Å². The second-order valence-corrected chi connectivity index (χ2v) is 11.3. The van der Waals surface area contributed by atoms with Crippen molar-refractivity contribution in [3.8, 4) is 0 Å². The van der Waals surface area contributed by atoms with Gasteiger partial charge in [0.1, 0.15) is 0 Å². The van der Waals surface area contributed by atoms with Gasteiger partial charge in [0.15, 0.2) is 5.78 Å². The Bertz CT molecular complexity index is 1500. The van der Waals surface area contributed by atoms with Crippen LogP contribution in [0.5, 0.6) is 0 Å². The summed E-state index contributed by atoms with van der Waals surface area (Å²) in [6, 6.07) is 30.3. The van der Waals surface area contributed by atoms with E-state index < -0.39 is 0 Å². The SMILES string of the molecule is Cc1cccc(NC(=O)c2cccc(CNC[C@@H](N)CS)c2)c1C.N[C@@H](CS)CNc1cccc(C(=O)c2ccccc2)c1. The zero-order valence-corrected chi connectivity index (χ0v) is 27.1. The Morgan fingerprint density at radius 3 is 2.09 bits per heavy atom. The fourth-order valence-corrected chi connectivity index (χ4v) is 4.47. The van der Waals surface area contributed by atoms with Gasteiger partial charge in [0, 0.05) is 71.3 Å². The Morgan fingerprint density at radius 2 is 1.36 bits per heavy atom. The zero-order valence-electron chi connectivity index (χ0n) is 25.3. The zero-order chi connectivity index (χ0) is 31.9. The van der Waals surface area contributed by atoms with Crippen molar-refractivity contribution in [1.82, 2.24) is 5.32 Å². The monoisotopic (exact) mass is 629 g/mol.